The van der Waals surface area contributed by atoms with Gasteiger partial charge in [-0.1, -0.05) is 37.1 Å². The minimum absolute atomic E-state index is 0.663. The summed E-state index contributed by atoms with van der Waals surface area (Å²) in [6.07, 6.45) is 4.72. The Morgan fingerprint density at radius 1 is 0.900 bits per heavy atom. The van der Waals surface area contributed by atoms with Gasteiger partial charge in [0.15, 0.2) is 0 Å². The number of hydrogen-bond acceptors (Lipinski definition) is 0. The number of hydrogen-bond donors (Lipinski definition) is 0. The molecule has 56 valence electrons. The van der Waals surface area contributed by atoms with Crippen molar-refractivity contribution in [1.82, 2.24) is 0 Å². The molecule has 10 heavy (non-hydrogen) atoms. The van der Waals surface area contributed by atoms with Gasteiger partial charge >= 0.3 is 0 Å². The molecule has 0 heteroatoms. The lowest BCUT2D eigenvalue weighted by Gasteiger charge is -2.19. The van der Waals surface area contributed by atoms with Gasteiger partial charge < -0.3 is 0 Å². The van der Waals surface area contributed by atoms with Crippen LogP contribution in [0.15, 0.2) is 23.3 Å². The number of allylic oxidation sites excluding steroid dienone is 4. The molecule has 0 aromatic carbocycles. The molecule has 0 amide bonds. The Kier molecular flexibility index (Phi) is 1.98. The van der Waals surface area contributed by atoms with Gasteiger partial charge in [0.1, 0.15) is 0 Å². The van der Waals surface area contributed by atoms with Gasteiger partial charge in [0, 0.05) is 0 Å². The van der Waals surface area contributed by atoms with E-state index < -0.39 is 0 Å². The van der Waals surface area contributed by atoms with E-state index in [1.807, 2.05) is 0 Å². The average molecular weight is 136 g/mol. The van der Waals surface area contributed by atoms with Crippen LogP contribution < -0.4 is 0 Å². The van der Waals surface area contributed by atoms with Crippen molar-refractivity contribution in [3.05, 3.63) is 23.3 Å². The fraction of sp³-hybridized carbons (Fsp3) is 0.600. The van der Waals surface area contributed by atoms with Gasteiger partial charge in [0.2, 0.25) is 0 Å². The first-order chi connectivity index (χ1) is 4.61. The van der Waals surface area contributed by atoms with Gasteiger partial charge in [-0.3, -0.25) is 0 Å². The summed E-state index contributed by atoms with van der Waals surface area (Å²) in [5, 5.41) is 0. The van der Waals surface area contributed by atoms with Crippen LogP contribution in [0.5, 0.6) is 0 Å². The van der Waals surface area contributed by atoms with Gasteiger partial charge in [0.05, 0.1) is 0 Å². The number of rotatable bonds is 0. The van der Waals surface area contributed by atoms with Crippen LogP contribution in [0, 0.1) is 11.8 Å². The molecule has 0 aromatic rings. The third-order valence-electron chi connectivity index (χ3n) is 2.46. The van der Waals surface area contributed by atoms with E-state index in [1.54, 1.807) is 0 Å². The Morgan fingerprint density at radius 3 is 1.50 bits per heavy atom. The molecular formula is C10H16. The van der Waals surface area contributed by atoms with E-state index in [0.29, 0.717) is 11.8 Å². The zero-order chi connectivity index (χ0) is 7.72. The minimum Gasteiger partial charge on any atom is -0.0781 e. The molecular weight excluding hydrogens is 120 g/mol. The summed E-state index contributed by atoms with van der Waals surface area (Å²) in [6, 6.07) is 0. The highest BCUT2D eigenvalue weighted by molar-refractivity contribution is 5.24. The van der Waals surface area contributed by atoms with E-state index in [2.05, 4.69) is 39.8 Å². The molecule has 0 aliphatic heterocycles. The average Bonchev–Trinajstić information content (AvgIpc) is 1.84. The Balaban J connectivity index is 2.81. The normalized spacial score (nSPS) is 33.2. The van der Waals surface area contributed by atoms with Crippen LogP contribution in [0.1, 0.15) is 27.7 Å². The molecule has 1 rings (SSSR count). The van der Waals surface area contributed by atoms with Crippen LogP contribution in [0.25, 0.3) is 0 Å². The SMILES string of the molecule is CC1=CC(C)C(C)=CC1C. The van der Waals surface area contributed by atoms with Crippen LogP contribution >= 0.6 is 0 Å². The van der Waals surface area contributed by atoms with E-state index >= 15 is 0 Å². The highest BCUT2D eigenvalue weighted by Crippen LogP contribution is 2.25. The lowest BCUT2D eigenvalue weighted by molar-refractivity contribution is 0.735. The molecule has 0 heterocycles. The van der Waals surface area contributed by atoms with Gasteiger partial charge in [-0.05, 0) is 25.7 Å². The van der Waals surface area contributed by atoms with E-state index in [0.717, 1.165) is 0 Å². The van der Waals surface area contributed by atoms with Crippen molar-refractivity contribution >= 4 is 0 Å². The van der Waals surface area contributed by atoms with Crippen molar-refractivity contribution in [2.24, 2.45) is 11.8 Å². The molecule has 0 spiro atoms. The van der Waals surface area contributed by atoms with Crippen molar-refractivity contribution in [3.63, 3.8) is 0 Å². The van der Waals surface area contributed by atoms with Crippen LogP contribution in [-0.4, -0.2) is 0 Å². The maximum absolute atomic E-state index is 2.36. The molecule has 1 aliphatic rings. The first-order valence-electron chi connectivity index (χ1n) is 3.98. The third kappa shape index (κ3) is 1.31. The molecule has 0 radical (unpaired) electrons. The molecule has 0 nitrogen and oxygen atoms in total. The Labute approximate surface area is 63.6 Å². The van der Waals surface area contributed by atoms with Gasteiger partial charge in [0.25, 0.3) is 0 Å². The maximum atomic E-state index is 2.36. The second-order valence-electron chi connectivity index (χ2n) is 3.40. The fourth-order valence-corrected chi connectivity index (χ4v) is 1.36. The predicted octanol–water partition coefficient (Wildman–Crippen LogP) is 3.16. The smallest absolute Gasteiger partial charge is 0.00514 e. The second kappa shape index (κ2) is 2.61. The topological polar surface area (TPSA) is 0 Å². The quantitative estimate of drug-likeness (QED) is 0.449. The molecule has 1 aliphatic carbocycles. The zero-order valence-electron chi connectivity index (χ0n) is 7.31. The second-order valence-corrected chi connectivity index (χ2v) is 3.40. The molecule has 2 atom stereocenters. The van der Waals surface area contributed by atoms with Gasteiger partial charge in [-0.2, -0.15) is 0 Å². The predicted molar refractivity (Wildman–Crippen MR) is 45.8 cm³/mol. The van der Waals surface area contributed by atoms with E-state index in [1.165, 1.54) is 11.1 Å². The van der Waals surface area contributed by atoms with Crippen LogP contribution in [-0.2, 0) is 0 Å². The summed E-state index contributed by atoms with van der Waals surface area (Å²) in [6.45, 7) is 8.93. The summed E-state index contributed by atoms with van der Waals surface area (Å²) in [5.41, 5.74) is 3.02. The summed E-state index contributed by atoms with van der Waals surface area (Å²) in [7, 11) is 0. The monoisotopic (exact) mass is 136 g/mol. The maximum Gasteiger partial charge on any atom is -0.00514 e. The third-order valence-corrected chi connectivity index (χ3v) is 2.46. The van der Waals surface area contributed by atoms with Crippen molar-refractivity contribution in [2.75, 3.05) is 0 Å². The van der Waals surface area contributed by atoms with E-state index in [-0.39, 0.29) is 0 Å². The van der Waals surface area contributed by atoms with Crippen LogP contribution in [0.3, 0.4) is 0 Å². The standard InChI is InChI=1S/C10H16/c1-7-5-9(3)10(4)6-8(7)2/h5-7,10H,1-4H3. The highest BCUT2D eigenvalue weighted by Gasteiger charge is 2.11. The largest absolute Gasteiger partial charge is 0.0781 e. The first-order valence-corrected chi connectivity index (χ1v) is 3.98. The van der Waals surface area contributed by atoms with Crippen LogP contribution in [0.4, 0.5) is 0 Å². The first kappa shape index (κ1) is 7.59. The molecule has 0 bridgehead atoms. The van der Waals surface area contributed by atoms with Gasteiger partial charge in [-0.15, -0.1) is 0 Å². The molecule has 2 unspecified atom stereocenters. The Hall–Kier alpha value is -0.520. The Bertz CT molecular complexity index is 162. The van der Waals surface area contributed by atoms with Crippen molar-refractivity contribution in [2.45, 2.75) is 27.7 Å². The fourth-order valence-electron chi connectivity index (χ4n) is 1.36. The molecule has 0 aromatic heterocycles. The summed E-state index contributed by atoms with van der Waals surface area (Å²) in [4.78, 5) is 0. The van der Waals surface area contributed by atoms with Crippen molar-refractivity contribution in [3.8, 4) is 0 Å². The van der Waals surface area contributed by atoms with E-state index in [9.17, 15) is 0 Å². The lowest BCUT2D eigenvalue weighted by atomic mass is 9.86. The molecule has 0 saturated carbocycles. The minimum atomic E-state index is 0.663. The Morgan fingerprint density at radius 2 is 1.20 bits per heavy atom. The highest BCUT2D eigenvalue weighted by atomic mass is 14.2. The van der Waals surface area contributed by atoms with E-state index in [4.69, 9.17) is 0 Å². The summed E-state index contributed by atoms with van der Waals surface area (Å²) >= 11 is 0. The van der Waals surface area contributed by atoms with Crippen LogP contribution in [0.2, 0.25) is 0 Å². The van der Waals surface area contributed by atoms with Crippen molar-refractivity contribution < 1.29 is 0 Å². The summed E-state index contributed by atoms with van der Waals surface area (Å²) < 4.78 is 0. The summed E-state index contributed by atoms with van der Waals surface area (Å²) in [5.74, 6) is 1.33. The van der Waals surface area contributed by atoms with Gasteiger partial charge in [-0.25, -0.2) is 0 Å². The molecule has 0 saturated heterocycles. The molecule has 0 fully saturated rings. The lowest BCUT2D eigenvalue weighted by Crippen LogP contribution is -2.05. The van der Waals surface area contributed by atoms with Crippen molar-refractivity contribution in [1.29, 1.82) is 0 Å². The molecule has 0 N–H and O–H groups in total. The zero-order valence-corrected chi connectivity index (χ0v) is 7.31.